The van der Waals surface area contributed by atoms with Crippen LogP contribution in [0.1, 0.15) is 5.56 Å². The van der Waals surface area contributed by atoms with Crippen molar-refractivity contribution in [2.75, 3.05) is 20.8 Å². The summed E-state index contributed by atoms with van der Waals surface area (Å²) in [5, 5.41) is 10.0. The van der Waals surface area contributed by atoms with Gasteiger partial charge in [0.05, 0.1) is 20.3 Å². The van der Waals surface area contributed by atoms with Crippen LogP contribution >= 0.6 is 23.4 Å². The average Bonchev–Trinajstić information content (AvgIpc) is 3.08. The second-order valence-electron chi connectivity index (χ2n) is 5.72. The van der Waals surface area contributed by atoms with Crippen LogP contribution in [0, 0.1) is 5.82 Å². The number of nitrogens with zero attached hydrogens (tertiary/aromatic N) is 3. The molecule has 0 aliphatic carbocycles. The fourth-order valence-electron chi connectivity index (χ4n) is 2.54. The number of benzene rings is 2. The molecule has 3 aromatic rings. The van der Waals surface area contributed by atoms with E-state index in [1.54, 1.807) is 13.2 Å². The number of rotatable bonds is 8. The third-order valence-corrected chi connectivity index (χ3v) is 5.21. The fraction of sp³-hybridized carbons (Fsp3) is 0.263. The van der Waals surface area contributed by atoms with Crippen LogP contribution in [0.25, 0.3) is 11.4 Å². The Bertz CT molecular complexity index is 902. The Balaban J connectivity index is 1.82. The number of methoxy groups -OCH3 is 2. The second-order valence-corrected chi connectivity index (χ2v) is 7.09. The highest BCUT2D eigenvalue weighted by atomic mass is 35.5. The maximum absolute atomic E-state index is 13.9. The molecule has 8 heteroatoms. The van der Waals surface area contributed by atoms with Gasteiger partial charge in [0.25, 0.3) is 0 Å². The number of aromatic nitrogens is 3. The molecule has 1 aromatic heterocycles. The Hall–Kier alpha value is -2.09. The molecule has 0 fully saturated rings. The Morgan fingerprint density at radius 1 is 1.11 bits per heavy atom. The van der Waals surface area contributed by atoms with Gasteiger partial charge in [0.2, 0.25) is 0 Å². The molecular formula is C19H19ClFN3O2S. The van der Waals surface area contributed by atoms with Crippen molar-refractivity contribution in [2.45, 2.75) is 17.5 Å². The zero-order valence-corrected chi connectivity index (χ0v) is 16.6. The minimum Gasteiger partial charge on any atom is -0.494 e. The maximum atomic E-state index is 13.9. The molecule has 0 aliphatic rings. The van der Waals surface area contributed by atoms with Crippen LogP contribution in [-0.4, -0.2) is 35.6 Å². The lowest BCUT2D eigenvalue weighted by atomic mass is 10.2. The van der Waals surface area contributed by atoms with Gasteiger partial charge in [-0.25, -0.2) is 4.39 Å². The first-order chi connectivity index (χ1) is 13.1. The van der Waals surface area contributed by atoms with Gasteiger partial charge in [-0.15, -0.1) is 10.2 Å². The van der Waals surface area contributed by atoms with E-state index in [0.29, 0.717) is 23.9 Å². The Kier molecular flexibility index (Phi) is 6.71. The topological polar surface area (TPSA) is 49.2 Å². The Morgan fingerprint density at radius 3 is 2.56 bits per heavy atom. The van der Waals surface area contributed by atoms with Crippen molar-refractivity contribution in [3.05, 3.63) is 58.9 Å². The summed E-state index contributed by atoms with van der Waals surface area (Å²) in [4.78, 5) is 0. The average molecular weight is 408 g/mol. The molecule has 0 saturated heterocycles. The third-order valence-electron chi connectivity index (χ3n) is 3.92. The van der Waals surface area contributed by atoms with Crippen LogP contribution in [0.15, 0.2) is 47.6 Å². The lowest BCUT2D eigenvalue weighted by Gasteiger charge is -2.10. The Morgan fingerprint density at radius 2 is 1.89 bits per heavy atom. The van der Waals surface area contributed by atoms with E-state index in [2.05, 4.69) is 10.2 Å². The van der Waals surface area contributed by atoms with Crippen molar-refractivity contribution < 1.29 is 13.9 Å². The summed E-state index contributed by atoms with van der Waals surface area (Å²) in [5.41, 5.74) is 1.76. The smallest absolute Gasteiger partial charge is 0.191 e. The first-order valence-electron chi connectivity index (χ1n) is 8.25. The van der Waals surface area contributed by atoms with Crippen molar-refractivity contribution in [3.63, 3.8) is 0 Å². The van der Waals surface area contributed by atoms with Crippen LogP contribution in [0.2, 0.25) is 5.02 Å². The predicted octanol–water partition coefficient (Wildman–Crippen LogP) is 4.68. The van der Waals surface area contributed by atoms with Crippen LogP contribution < -0.4 is 4.74 Å². The van der Waals surface area contributed by atoms with Gasteiger partial charge in [-0.1, -0.05) is 29.4 Å². The normalized spacial score (nSPS) is 11.0. The molecule has 0 saturated carbocycles. The first-order valence-corrected chi connectivity index (χ1v) is 9.62. The molecule has 0 N–H and O–H groups in total. The van der Waals surface area contributed by atoms with Gasteiger partial charge < -0.3 is 9.47 Å². The van der Waals surface area contributed by atoms with E-state index in [4.69, 9.17) is 21.1 Å². The number of ether oxygens (including phenoxy) is 2. The summed E-state index contributed by atoms with van der Waals surface area (Å²) in [6.07, 6.45) is 0. The van der Waals surface area contributed by atoms with Crippen molar-refractivity contribution >= 4 is 23.4 Å². The van der Waals surface area contributed by atoms with Crippen LogP contribution in [0.5, 0.6) is 5.75 Å². The molecule has 0 amide bonds. The summed E-state index contributed by atoms with van der Waals surface area (Å²) < 4.78 is 26.1. The zero-order chi connectivity index (χ0) is 19.2. The number of halogens is 2. The van der Waals surface area contributed by atoms with Crippen molar-refractivity contribution in [1.82, 2.24) is 14.8 Å². The van der Waals surface area contributed by atoms with E-state index in [1.807, 2.05) is 34.9 Å². The molecule has 5 nitrogen and oxygen atoms in total. The first kappa shape index (κ1) is 19.7. The van der Waals surface area contributed by atoms with Crippen molar-refractivity contribution in [2.24, 2.45) is 0 Å². The SMILES string of the molecule is COCCn1c(SCc2ccc(OC)c(F)c2)nnc1-c1ccc(Cl)cc1. The minimum absolute atomic E-state index is 0.233. The Labute approximate surface area is 166 Å². The van der Waals surface area contributed by atoms with E-state index in [9.17, 15) is 4.39 Å². The lowest BCUT2D eigenvalue weighted by molar-refractivity contribution is 0.185. The molecule has 0 unspecified atom stereocenters. The number of thioether (sulfide) groups is 1. The molecule has 0 spiro atoms. The van der Waals surface area contributed by atoms with Gasteiger partial charge in [-0.3, -0.25) is 4.57 Å². The summed E-state index contributed by atoms with van der Waals surface area (Å²) >= 11 is 7.46. The van der Waals surface area contributed by atoms with E-state index in [-0.39, 0.29) is 11.6 Å². The van der Waals surface area contributed by atoms with Crippen molar-refractivity contribution in [3.8, 4) is 17.1 Å². The summed E-state index contributed by atoms with van der Waals surface area (Å²) in [6.45, 7) is 1.14. The van der Waals surface area contributed by atoms with Gasteiger partial charge in [0.15, 0.2) is 22.5 Å². The van der Waals surface area contributed by atoms with Gasteiger partial charge in [0.1, 0.15) is 0 Å². The molecule has 27 heavy (non-hydrogen) atoms. The molecule has 0 aliphatic heterocycles. The van der Waals surface area contributed by atoms with Crippen LogP contribution in [0.3, 0.4) is 0 Å². The van der Waals surface area contributed by atoms with E-state index in [1.165, 1.54) is 24.9 Å². The monoisotopic (exact) mass is 407 g/mol. The molecular weight excluding hydrogens is 389 g/mol. The minimum atomic E-state index is -0.377. The highest BCUT2D eigenvalue weighted by molar-refractivity contribution is 7.98. The van der Waals surface area contributed by atoms with Crippen LogP contribution in [0.4, 0.5) is 4.39 Å². The molecule has 1 heterocycles. The van der Waals surface area contributed by atoms with Gasteiger partial charge in [-0.2, -0.15) is 0 Å². The fourth-order valence-corrected chi connectivity index (χ4v) is 3.57. The standard InChI is InChI=1S/C19H19ClFN3O2S/c1-25-10-9-24-18(14-4-6-15(20)7-5-14)22-23-19(24)27-12-13-3-8-17(26-2)16(21)11-13/h3-8,11H,9-10,12H2,1-2H3. The van der Waals surface area contributed by atoms with Gasteiger partial charge >= 0.3 is 0 Å². The highest BCUT2D eigenvalue weighted by Gasteiger charge is 2.15. The third kappa shape index (κ3) is 4.80. The van der Waals surface area contributed by atoms with E-state index >= 15 is 0 Å². The predicted molar refractivity (Wildman–Crippen MR) is 105 cm³/mol. The van der Waals surface area contributed by atoms with Gasteiger partial charge in [0, 0.05) is 23.4 Å². The highest BCUT2D eigenvalue weighted by Crippen LogP contribution is 2.28. The van der Waals surface area contributed by atoms with Crippen LogP contribution in [-0.2, 0) is 17.0 Å². The quantitative estimate of drug-likeness (QED) is 0.507. The largest absolute Gasteiger partial charge is 0.494 e. The molecule has 3 rings (SSSR count). The molecule has 142 valence electrons. The van der Waals surface area contributed by atoms with E-state index < -0.39 is 0 Å². The summed E-state index contributed by atoms with van der Waals surface area (Å²) in [5.74, 6) is 1.16. The maximum Gasteiger partial charge on any atom is 0.191 e. The van der Waals surface area contributed by atoms with Crippen molar-refractivity contribution in [1.29, 1.82) is 0 Å². The molecule has 0 atom stereocenters. The summed E-state index contributed by atoms with van der Waals surface area (Å²) in [6, 6.07) is 12.4. The lowest BCUT2D eigenvalue weighted by Crippen LogP contribution is -2.07. The number of hydrogen-bond acceptors (Lipinski definition) is 5. The zero-order valence-electron chi connectivity index (χ0n) is 15.0. The number of hydrogen-bond donors (Lipinski definition) is 0. The molecule has 0 bridgehead atoms. The second kappa shape index (κ2) is 9.21. The van der Waals surface area contributed by atoms with Gasteiger partial charge in [-0.05, 0) is 42.0 Å². The summed E-state index contributed by atoms with van der Waals surface area (Å²) in [7, 11) is 3.10. The molecule has 0 radical (unpaired) electrons. The van der Waals surface area contributed by atoms with E-state index in [0.717, 1.165) is 22.1 Å². The molecule has 2 aromatic carbocycles.